The molecule has 3 atom stereocenters. The molecule has 1 unspecified atom stereocenters. The molecule has 0 aromatic carbocycles. The van der Waals surface area contributed by atoms with Gasteiger partial charge in [-0.1, -0.05) is 13.3 Å². The van der Waals surface area contributed by atoms with E-state index in [1.807, 2.05) is 0 Å². The summed E-state index contributed by atoms with van der Waals surface area (Å²) in [6, 6.07) is 0.257. The van der Waals surface area contributed by atoms with Crippen LogP contribution in [0.25, 0.3) is 0 Å². The quantitative estimate of drug-likeness (QED) is 0.798. The van der Waals surface area contributed by atoms with Crippen molar-refractivity contribution in [3.05, 3.63) is 0 Å². The van der Waals surface area contributed by atoms with Crippen molar-refractivity contribution in [2.45, 2.75) is 51.5 Å². The van der Waals surface area contributed by atoms with E-state index in [0.29, 0.717) is 24.2 Å². The van der Waals surface area contributed by atoms with Gasteiger partial charge >= 0.3 is 0 Å². The number of halogens is 2. The van der Waals surface area contributed by atoms with Crippen molar-refractivity contribution in [1.82, 2.24) is 9.80 Å². The molecule has 2 N–H and O–H groups in total. The number of nitrogens with two attached hydrogens (primary N) is 1. The van der Waals surface area contributed by atoms with Crippen molar-refractivity contribution < 1.29 is 4.79 Å². The molecule has 0 aromatic rings. The fourth-order valence-corrected chi connectivity index (χ4v) is 3.79. The second kappa shape index (κ2) is 10.7. The minimum atomic E-state index is 0. The molecule has 2 rings (SSSR count). The second-order valence-corrected chi connectivity index (χ2v) is 6.82. The first kappa shape index (κ1) is 22.0. The Bertz CT molecular complexity index is 331. The minimum absolute atomic E-state index is 0. The number of carbonyl (C=O) groups excluding carboxylic acids is 1. The molecule has 4 nitrogen and oxygen atoms in total. The van der Waals surface area contributed by atoms with Crippen molar-refractivity contribution in [3.63, 3.8) is 0 Å². The Kier molecular flexibility index (Phi) is 10.7. The van der Waals surface area contributed by atoms with Crippen LogP contribution in [0.1, 0.15) is 45.4 Å². The van der Waals surface area contributed by atoms with Crippen LogP contribution in [0.5, 0.6) is 0 Å². The summed E-state index contributed by atoms with van der Waals surface area (Å²) in [5.74, 6) is 1.44. The van der Waals surface area contributed by atoms with Gasteiger partial charge in [-0.3, -0.25) is 4.79 Å². The Balaban J connectivity index is 0.00000220. The normalized spacial score (nSPS) is 27.6. The summed E-state index contributed by atoms with van der Waals surface area (Å²) in [5, 5.41) is 0. The average Bonchev–Trinajstić information content (AvgIpc) is 3.00. The predicted molar refractivity (Wildman–Crippen MR) is 96.9 cm³/mol. The lowest BCUT2D eigenvalue weighted by molar-refractivity contribution is -0.131. The van der Waals surface area contributed by atoms with Crippen LogP contribution in [0.3, 0.4) is 0 Å². The van der Waals surface area contributed by atoms with Crippen LogP contribution >= 0.6 is 24.8 Å². The molecule has 6 heteroatoms. The molecule has 0 spiro atoms. The third-order valence-electron chi connectivity index (χ3n) is 4.97. The van der Waals surface area contributed by atoms with Gasteiger partial charge in [0.05, 0.1) is 0 Å². The van der Waals surface area contributed by atoms with Crippen LogP contribution in [-0.2, 0) is 4.79 Å². The number of likely N-dealkylation sites (tertiary alicyclic amines) is 1. The van der Waals surface area contributed by atoms with Crippen molar-refractivity contribution >= 4 is 30.7 Å². The molecule has 0 bridgehead atoms. The van der Waals surface area contributed by atoms with Crippen LogP contribution in [0, 0.1) is 11.8 Å². The lowest BCUT2D eigenvalue weighted by Gasteiger charge is -2.22. The van der Waals surface area contributed by atoms with Gasteiger partial charge < -0.3 is 15.5 Å². The highest BCUT2D eigenvalue weighted by Crippen LogP contribution is 2.28. The average molecular weight is 354 g/mol. The smallest absolute Gasteiger partial charge is 0.222 e. The summed E-state index contributed by atoms with van der Waals surface area (Å²) in [4.78, 5) is 16.8. The zero-order valence-electron chi connectivity index (χ0n) is 14.0. The highest BCUT2D eigenvalue weighted by Gasteiger charge is 2.31. The maximum absolute atomic E-state index is 12.4. The first-order valence-electron chi connectivity index (χ1n) is 8.32. The van der Waals surface area contributed by atoms with Gasteiger partial charge in [0.25, 0.3) is 0 Å². The van der Waals surface area contributed by atoms with Crippen molar-refractivity contribution in [1.29, 1.82) is 0 Å². The number of nitrogens with zero attached hydrogens (tertiary/aromatic N) is 2. The van der Waals surface area contributed by atoms with E-state index >= 15 is 0 Å². The third-order valence-corrected chi connectivity index (χ3v) is 4.97. The number of carbonyl (C=O) groups is 1. The van der Waals surface area contributed by atoms with E-state index < -0.39 is 0 Å². The van der Waals surface area contributed by atoms with Gasteiger partial charge in [0.15, 0.2) is 0 Å². The Morgan fingerprint density at radius 2 is 2.00 bits per heavy atom. The molecule has 1 aliphatic carbocycles. The van der Waals surface area contributed by atoms with Crippen LogP contribution in [0.2, 0.25) is 0 Å². The van der Waals surface area contributed by atoms with Crippen LogP contribution in [0.4, 0.5) is 0 Å². The molecule has 0 aromatic heterocycles. The molecule has 1 saturated carbocycles. The molecular weight excluding hydrogens is 321 g/mol. The Hall–Kier alpha value is -0.0300. The SMILES string of the molecule is CCCN(C)CC1CCN(C(=O)C[C@@H]2CCC[C@H]2N)C1.Cl.Cl. The fraction of sp³-hybridized carbons (Fsp3) is 0.938. The Morgan fingerprint density at radius 1 is 1.27 bits per heavy atom. The molecule has 132 valence electrons. The zero-order chi connectivity index (χ0) is 14.5. The van der Waals surface area contributed by atoms with E-state index in [-0.39, 0.29) is 30.9 Å². The van der Waals surface area contributed by atoms with E-state index in [4.69, 9.17) is 5.73 Å². The molecule has 2 fully saturated rings. The first-order chi connectivity index (χ1) is 9.60. The second-order valence-electron chi connectivity index (χ2n) is 6.82. The van der Waals surface area contributed by atoms with Gasteiger partial charge in [-0.2, -0.15) is 0 Å². The summed E-state index contributed by atoms with van der Waals surface area (Å²) < 4.78 is 0. The molecular formula is C16H33Cl2N3O. The van der Waals surface area contributed by atoms with Gasteiger partial charge in [-0.25, -0.2) is 0 Å². The molecule has 1 saturated heterocycles. The molecule has 0 radical (unpaired) electrons. The van der Waals surface area contributed by atoms with E-state index in [9.17, 15) is 4.79 Å². The minimum Gasteiger partial charge on any atom is -0.342 e. The highest BCUT2D eigenvalue weighted by molar-refractivity contribution is 5.85. The summed E-state index contributed by atoms with van der Waals surface area (Å²) in [7, 11) is 2.19. The van der Waals surface area contributed by atoms with Gasteiger partial charge in [-0.05, 0) is 51.1 Å². The maximum atomic E-state index is 12.4. The molecule has 1 amide bonds. The number of rotatable bonds is 6. The van der Waals surface area contributed by atoms with E-state index in [2.05, 4.69) is 23.8 Å². The van der Waals surface area contributed by atoms with Crippen LogP contribution in [-0.4, -0.2) is 55.0 Å². The summed E-state index contributed by atoms with van der Waals surface area (Å²) >= 11 is 0. The monoisotopic (exact) mass is 353 g/mol. The van der Waals surface area contributed by atoms with Crippen molar-refractivity contribution in [3.8, 4) is 0 Å². The highest BCUT2D eigenvalue weighted by atomic mass is 35.5. The number of hydrogen-bond acceptors (Lipinski definition) is 3. The fourth-order valence-electron chi connectivity index (χ4n) is 3.79. The van der Waals surface area contributed by atoms with Crippen molar-refractivity contribution in [2.24, 2.45) is 17.6 Å². The number of hydrogen-bond donors (Lipinski definition) is 1. The molecule has 2 aliphatic rings. The summed E-state index contributed by atoms with van der Waals surface area (Å²) in [6.07, 6.45) is 6.48. The van der Waals surface area contributed by atoms with Gasteiger partial charge in [-0.15, -0.1) is 24.8 Å². The summed E-state index contributed by atoms with van der Waals surface area (Å²) in [5.41, 5.74) is 6.08. The third kappa shape index (κ3) is 6.23. The van der Waals surface area contributed by atoms with Gasteiger partial charge in [0.1, 0.15) is 0 Å². The molecule has 22 heavy (non-hydrogen) atoms. The lowest BCUT2D eigenvalue weighted by atomic mass is 9.99. The maximum Gasteiger partial charge on any atom is 0.222 e. The zero-order valence-corrected chi connectivity index (χ0v) is 15.6. The van der Waals surface area contributed by atoms with E-state index in [1.165, 1.54) is 12.8 Å². The number of amides is 1. The Morgan fingerprint density at radius 3 is 2.59 bits per heavy atom. The van der Waals surface area contributed by atoms with E-state index in [1.54, 1.807) is 0 Å². The van der Waals surface area contributed by atoms with Crippen LogP contribution in [0.15, 0.2) is 0 Å². The Labute approximate surface area is 148 Å². The van der Waals surface area contributed by atoms with Crippen molar-refractivity contribution in [2.75, 3.05) is 33.2 Å². The molecule has 1 heterocycles. The predicted octanol–water partition coefficient (Wildman–Crippen LogP) is 2.54. The van der Waals surface area contributed by atoms with Crippen LogP contribution < -0.4 is 5.73 Å². The lowest BCUT2D eigenvalue weighted by Crippen LogP contribution is -2.35. The van der Waals surface area contributed by atoms with E-state index in [0.717, 1.165) is 45.4 Å². The standard InChI is InChI=1S/C16H31N3O.2ClH/c1-3-8-18(2)11-13-7-9-19(12-13)16(20)10-14-5-4-6-15(14)17;;/h13-15H,3-12,17H2,1-2H3;2*1H/t13?,14-,15+;;/m0../s1. The first-order valence-corrected chi connectivity index (χ1v) is 8.32. The largest absolute Gasteiger partial charge is 0.342 e. The molecule has 1 aliphatic heterocycles. The topological polar surface area (TPSA) is 49.6 Å². The van der Waals surface area contributed by atoms with Gasteiger partial charge in [0.2, 0.25) is 5.91 Å². The summed E-state index contributed by atoms with van der Waals surface area (Å²) in [6.45, 7) is 6.40. The van der Waals surface area contributed by atoms with Gasteiger partial charge in [0, 0.05) is 32.1 Å².